The van der Waals surface area contributed by atoms with Crippen LogP contribution in [0.4, 0.5) is 27.7 Å². The van der Waals surface area contributed by atoms with E-state index in [0.717, 1.165) is 44.7 Å². The molecule has 0 amide bonds. The Kier molecular flexibility index (Phi) is 6.28. The molecule has 0 atom stereocenters. The monoisotopic (exact) mass is 446 g/mol. The lowest BCUT2D eigenvalue weighted by molar-refractivity contribution is 0.573. The second-order valence-electron chi connectivity index (χ2n) is 8.91. The van der Waals surface area contributed by atoms with Gasteiger partial charge in [0, 0.05) is 50.3 Å². The van der Waals surface area contributed by atoms with Crippen molar-refractivity contribution in [3.05, 3.63) is 65.2 Å². The summed E-state index contributed by atoms with van der Waals surface area (Å²) in [6, 6.07) is 8.44. The van der Waals surface area contributed by atoms with Gasteiger partial charge in [0.15, 0.2) is 0 Å². The van der Waals surface area contributed by atoms with E-state index in [1.807, 2.05) is 19.2 Å². The highest BCUT2D eigenvalue weighted by molar-refractivity contribution is 5.62. The van der Waals surface area contributed by atoms with Crippen molar-refractivity contribution in [1.82, 2.24) is 15.0 Å². The minimum atomic E-state index is -0.272. The average molecular weight is 447 g/mol. The second kappa shape index (κ2) is 9.65. The van der Waals surface area contributed by atoms with Gasteiger partial charge in [-0.3, -0.25) is 0 Å². The fraction of sp³-hybridized carbons (Fsp3) is 0.385. The summed E-state index contributed by atoms with van der Waals surface area (Å²) in [6.45, 7) is 2.81. The van der Waals surface area contributed by atoms with E-state index in [1.54, 1.807) is 6.07 Å². The molecule has 1 aromatic carbocycles. The van der Waals surface area contributed by atoms with E-state index in [0.29, 0.717) is 17.5 Å². The number of hydrogen-bond acceptors (Lipinski definition) is 5. The van der Waals surface area contributed by atoms with Crippen molar-refractivity contribution in [1.29, 1.82) is 0 Å². The number of aryl methyl sites for hydroxylation is 1. The van der Waals surface area contributed by atoms with Crippen LogP contribution in [0.25, 0.3) is 6.08 Å². The van der Waals surface area contributed by atoms with Gasteiger partial charge >= 0.3 is 0 Å². The molecule has 7 heteroatoms. The summed E-state index contributed by atoms with van der Waals surface area (Å²) in [4.78, 5) is 17.5. The molecule has 1 fully saturated rings. The van der Waals surface area contributed by atoms with E-state index >= 15 is 0 Å². The predicted octanol–water partition coefficient (Wildman–Crippen LogP) is 5.32. The fourth-order valence-corrected chi connectivity index (χ4v) is 4.62. The number of H-pyrrole nitrogens is 1. The van der Waals surface area contributed by atoms with Gasteiger partial charge < -0.3 is 20.1 Å². The van der Waals surface area contributed by atoms with Crippen LogP contribution >= 0.6 is 0 Å². The Hall–Kier alpha value is -3.35. The highest BCUT2D eigenvalue weighted by Gasteiger charge is 2.18. The minimum absolute atomic E-state index is 0.272. The Morgan fingerprint density at radius 3 is 2.88 bits per heavy atom. The standard InChI is InChI=1S/C26H31FN6/c1-32(15-12-19-18-28-23-11-4-3-10-22(19)23)26-30-24(29-21-9-7-8-20(27)16-21)17-25(31-26)33-13-5-2-6-14-33/h3,7-10,16-18,28H,2,4-6,11-15H2,1H3,(H,29,30,31). The molecule has 0 spiro atoms. The topological polar surface area (TPSA) is 60.1 Å². The fourth-order valence-electron chi connectivity index (χ4n) is 4.62. The van der Waals surface area contributed by atoms with Crippen LogP contribution in [0, 0.1) is 5.82 Å². The van der Waals surface area contributed by atoms with Crippen LogP contribution < -0.4 is 15.1 Å². The van der Waals surface area contributed by atoms with Gasteiger partial charge in [-0.2, -0.15) is 9.97 Å². The summed E-state index contributed by atoms with van der Waals surface area (Å²) in [5.41, 5.74) is 4.68. The van der Waals surface area contributed by atoms with Crippen LogP contribution in [0.15, 0.2) is 42.6 Å². The van der Waals surface area contributed by atoms with E-state index in [9.17, 15) is 4.39 Å². The molecule has 2 N–H and O–H groups in total. The number of benzene rings is 1. The molecule has 2 aromatic heterocycles. The zero-order valence-electron chi connectivity index (χ0n) is 19.1. The molecule has 3 heterocycles. The van der Waals surface area contributed by atoms with Crippen LogP contribution in [0.3, 0.4) is 0 Å². The number of aromatic nitrogens is 3. The number of hydrogen-bond donors (Lipinski definition) is 2. The first-order valence-corrected chi connectivity index (χ1v) is 11.9. The van der Waals surface area contributed by atoms with Gasteiger partial charge in [0.2, 0.25) is 5.95 Å². The van der Waals surface area contributed by atoms with Crippen molar-refractivity contribution in [2.75, 3.05) is 41.8 Å². The van der Waals surface area contributed by atoms with Crippen molar-refractivity contribution in [3.63, 3.8) is 0 Å². The quantitative estimate of drug-likeness (QED) is 0.515. The third-order valence-electron chi connectivity index (χ3n) is 6.47. The first-order valence-electron chi connectivity index (χ1n) is 11.9. The largest absolute Gasteiger partial charge is 0.364 e. The number of anilines is 4. The number of fused-ring (bicyclic) bond motifs is 1. The molecule has 33 heavy (non-hydrogen) atoms. The third-order valence-corrected chi connectivity index (χ3v) is 6.47. The number of rotatable bonds is 7. The molecule has 2 aliphatic rings. The normalized spacial score (nSPS) is 15.4. The Balaban J connectivity index is 1.37. The molecule has 0 radical (unpaired) electrons. The summed E-state index contributed by atoms with van der Waals surface area (Å²) in [5, 5.41) is 3.27. The molecular formula is C26H31FN6. The van der Waals surface area contributed by atoms with E-state index in [1.165, 1.54) is 48.2 Å². The lowest BCUT2D eigenvalue weighted by Crippen LogP contribution is -2.31. The summed E-state index contributed by atoms with van der Waals surface area (Å²) < 4.78 is 13.7. The van der Waals surface area contributed by atoms with Gasteiger partial charge in [0.1, 0.15) is 17.5 Å². The van der Waals surface area contributed by atoms with Gasteiger partial charge in [-0.15, -0.1) is 0 Å². The lowest BCUT2D eigenvalue weighted by atomic mass is 10.0. The number of piperidine rings is 1. The molecule has 3 aromatic rings. The highest BCUT2D eigenvalue weighted by Crippen LogP contribution is 2.26. The summed E-state index contributed by atoms with van der Waals surface area (Å²) >= 11 is 0. The van der Waals surface area contributed by atoms with Crippen LogP contribution in [0.2, 0.25) is 0 Å². The molecule has 0 unspecified atom stereocenters. The first kappa shape index (κ1) is 21.5. The number of allylic oxidation sites excluding steroid dienone is 1. The second-order valence-corrected chi connectivity index (χ2v) is 8.91. The maximum absolute atomic E-state index is 13.7. The van der Waals surface area contributed by atoms with Crippen LogP contribution in [0.5, 0.6) is 0 Å². The van der Waals surface area contributed by atoms with E-state index in [4.69, 9.17) is 9.97 Å². The summed E-state index contributed by atoms with van der Waals surface area (Å²) in [5.74, 6) is 2.01. The van der Waals surface area contributed by atoms with Crippen molar-refractivity contribution in [2.45, 2.75) is 38.5 Å². The van der Waals surface area contributed by atoms with E-state index in [-0.39, 0.29) is 5.82 Å². The molecule has 0 bridgehead atoms. The number of halogens is 1. The molecule has 172 valence electrons. The molecule has 1 aliphatic heterocycles. The summed E-state index contributed by atoms with van der Waals surface area (Å²) in [7, 11) is 2.04. The number of nitrogens with one attached hydrogen (secondary N) is 2. The zero-order valence-corrected chi connectivity index (χ0v) is 19.1. The number of nitrogens with zero attached hydrogens (tertiary/aromatic N) is 4. The summed E-state index contributed by atoms with van der Waals surface area (Å²) in [6.07, 6.45) is 13.3. The van der Waals surface area contributed by atoms with Gasteiger partial charge in [-0.05, 0) is 67.9 Å². The Bertz CT molecular complexity index is 1130. The van der Waals surface area contributed by atoms with E-state index < -0.39 is 0 Å². The molecule has 0 saturated carbocycles. The molecule has 6 nitrogen and oxygen atoms in total. The number of likely N-dealkylation sites (N-methyl/N-ethyl adjacent to an activating group) is 1. The molecule has 5 rings (SSSR count). The van der Waals surface area contributed by atoms with Gasteiger partial charge in [0.25, 0.3) is 0 Å². The van der Waals surface area contributed by atoms with Gasteiger partial charge in [0.05, 0.1) is 0 Å². The van der Waals surface area contributed by atoms with Gasteiger partial charge in [-0.1, -0.05) is 18.2 Å². The SMILES string of the molecule is CN(CCc1c[nH]c2c1C=CCC2)c1nc(Nc2cccc(F)c2)cc(N2CCCCC2)n1. The van der Waals surface area contributed by atoms with Crippen LogP contribution in [-0.2, 0) is 12.8 Å². The van der Waals surface area contributed by atoms with Crippen LogP contribution in [0.1, 0.15) is 42.5 Å². The van der Waals surface area contributed by atoms with Gasteiger partial charge in [-0.25, -0.2) is 4.39 Å². The zero-order chi connectivity index (χ0) is 22.6. The first-order chi connectivity index (χ1) is 16.2. The molecule has 1 saturated heterocycles. The predicted molar refractivity (Wildman–Crippen MR) is 133 cm³/mol. The molecular weight excluding hydrogens is 415 g/mol. The van der Waals surface area contributed by atoms with E-state index in [2.05, 4.69) is 38.4 Å². The lowest BCUT2D eigenvalue weighted by Gasteiger charge is -2.29. The van der Waals surface area contributed by atoms with Crippen LogP contribution in [-0.4, -0.2) is 41.6 Å². The Morgan fingerprint density at radius 1 is 1.15 bits per heavy atom. The molecule has 1 aliphatic carbocycles. The smallest absolute Gasteiger partial charge is 0.229 e. The third kappa shape index (κ3) is 5.02. The maximum atomic E-state index is 13.7. The van der Waals surface area contributed by atoms with Crippen molar-refractivity contribution in [2.24, 2.45) is 0 Å². The highest BCUT2D eigenvalue weighted by atomic mass is 19.1. The Morgan fingerprint density at radius 2 is 2.03 bits per heavy atom. The number of aromatic amines is 1. The Labute approximate surface area is 194 Å². The van der Waals surface area contributed by atoms with Crippen molar-refractivity contribution >= 4 is 29.3 Å². The van der Waals surface area contributed by atoms with Crippen molar-refractivity contribution < 1.29 is 4.39 Å². The average Bonchev–Trinajstić information content (AvgIpc) is 3.26. The maximum Gasteiger partial charge on any atom is 0.229 e. The van der Waals surface area contributed by atoms with Crippen molar-refractivity contribution in [3.8, 4) is 0 Å². The minimum Gasteiger partial charge on any atom is -0.364 e.